The molecular weight excluding hydrogens is 316 g/mol. The van der Waals surface area contributed by atoms with E-state index in [1.807, 2.05) is 6.07 Å². The van der Waals surface area contributed by atoms with Crippen molar-refractivity contribution in [1.82, 2.24) is 19.2 Å². The molecule has 0 N–H and O–H groups in total. The van der Waals surface area contributed by atoms with Crippen LogP contribution in [0.4, 0.5) is 0 Å². The van der Waals surface area contributed by atoms with Crippen molar-refractivity contribution in [3.63, 3.8) is 0 Å². The zero-order valence-electron chi connectivity index (χ0n) is 14.4. The van der Waals surface area contributed by atoms with Gasteiger partial charge in [-0.25, -0.2) is 4.68 Å². The van der Waals surface area contributed by atoms with Gasteiger partial charge >= 0.3 is 0 Å². The summed E-state index contributed by atoms with van der Waals surface area (Å²) in [5.41, 5.74) is 1.14. The highest BCUT2D eigenvalue weighted by molar-refractivity contribution is 7.71. The number of hydrogen-bond acceptors (Lipinski definition) is 3. The molecule has 2 fully saturated rings. The highest BCUT2D eigenvalue weighted by Gasteiger charge is 2.31. The minimum absolute atomic E-state index is 0.580. The summed E-state index contributed by atoms with van der Waals surface area (Å²) in [5.74, 6) is 1.73. The van der Waals surface area contributed by atoms with E-state index >= 15 is 0 Å². The SMILES string of the molecule is CC[C@@H]1CCCCN1Cn1nc(C2CC2)n(-c2ccccc2)c1=S. The number of benzene rings is 1. The topological polar surface area (TPSA) is 26.0 Å². The highest BCUT2D eigenvalue weighted by Crippen LogP contribution is 2.40. The second kappa shape index (κ2) is 6.81. The van der Waals surface area contributed by atoms with Crippen LogP contribution < -0.4 is 0 Å². The molecule has 0 amide bonds. The fourth-order valence-corrected chi connectivity index (χ4v) is 4.12. The van der Waals surface area contributed by atoms with Crippen LogP contribution >= 0.6 is 12.2 Å². The average molecular weight is 343 g/mol. The Morgan fingerprint density at radius 1 is 1.12 bits per heavy atom. The fraction of sp³-hybridized carbons (Fsp3) is 0.579. The number of rotatable bonds is 5. The summed E-state index contributed by atoms with van der Waals surface area (Å²) in [6, 6.07) is 11.1. The maximum absolute atomic E-state index is 5.82. The lowest BCUT2D eigenvalue weighted by atomic mass is 10.0. The first-order valence-electron chi connectivity index (χ1n) is 9.27. The lowest BCUT2D eigenvalue weighted by Crippen LogP contribution is -2.40. The van der Waals surface area contributed by atoms with Crippen LogP contribution in [0, 0.1) is 4.77 Å². The first-order valence-corrected chi connectivity index (χ1v) is 9.68. The van der Waals surface area contributed by atoms with Crippen LogP contribution in [0.25, 0.3) is 5.69 Å². The van der Waals surface area contributed by atoms with E-state index in [-0.39, 0.29) is 0 Å². The van der Waals surface area contributed by atoms with Crippen molar-refractivity contribution >= 4 is 12.2 Å². The number of nitrogens with zero attached hydrogens (tertiary/aromatic N) is 4. The van der Waals surface area contributed by atoms with E-state index in [0.717, 1.165) is 29.5 Å². The second-order valence-corrected chi connectivity index (χ2v) is 7.46. The summed E-state index contributed by atoms with van der Waals surface area (Å²) in [4.78, 5) is 2.57. The fourth-order valence-electron chi connectivity index (χ4n) is 3.82. The van der Waals surface area contributed by atoms with Gasteiger partial charge in [-0.15, -0.1) is 0 Å². The molecule has 2 aromatic rings. The van der Waals surface area contributed by atoms with Crippen LogP contribution in [0.1, 0.15) is 57.2 Å². The van der Waals surface area contributed by atoms with Crippen molar-refractivity contribution in [3.8, 4) is 5.69 Å². The van der Waals surface area contributed by atoms with Gasteiger partial charge in [0.05, 0.1) is 6.67 Å². The molecule has 1 saturated heterocycles. The molecule has 5 heteroatoms. The number of likely N-dealkylation sites (tertiary alicyclic amines) is 1. The van der Waals surface area contributed by atoms with Gasteiger partial charge in [-0.3, -0.25) is 9.47 Å². The van der Waals surface area contributed by atoms with Gasteiger partial charge in [0.2, 0.25) is 4.77 Å². The predicted molar refractivity (Wildman–Crippen MR) is 99.0 cm³/mol. The number of aromatic nitrogens is 3. The Labute approximate surface area is 149 Å². The van der Waals surface area contributed by atoms with Gasteiger partial charge < -0.3 is 0 Å². The van der Waals surface area contributed by atoms with E-state index in [2.05, 4.69) is 45.3 Å². The van der Waals surface area contributed by atoms with Gasteiger partial charge in [0.15, 0.2) is 0 Å². The normalized spacial score (nSPS) is 22.0. The molecule has 0 bridgehead atoms. The molecule has 1 aliphatic carbocycles. The molecule has 1 aliphatic heterocycles. The number of piperidine rings is 1. The van der Waals surface area contributed by atoms with E-state index in [1.165, 1.54) is 38.5 Å². The molecule has 1 aromatic carbocycles. The standard InChI is InChI=1S/C19H26N4S/c1-2-16-8-6-7-13-21(16)14-22-19(24)23(17-9-4-3-5-10-17)18(20-22)15-11-12-15/h3-5,9-10,15-16H,2,6-8,11-14H2,1H3/t16-/m1/s1. The summed E-state index contributed by atoms with van der Waals surface area (Å²) in [5, 5.41) is 4.94. The molecule has 4 nitrogen and oxygen atoms in total. The molecular formula is C19H26N4S. The van der Waals surface area contributed by atoms with Crippen molar-refractivity contribution in [3.05, 3.63) is 40.9 Å². The second-order valence-electron chi connectivity index (χ2n) is 7.10. The van der Waals surface area contributed by atoms with Crippen LogP contribution in [0.15, 0.2) is 30.3 Å². The third kappa shape index (κ3) is 3.07. The zero-order valence-corrected chi connectivity index (χ0v) is 15.2. The Morgan fingerprint density at radius 2 is 1.92 bits per heavy atom. The smallest absolute Gasteiger partial charge is 0.203 e. The van der Waals surface area contributed by atoms with Crippen LogP contribution in [0.2, 0.25) is 0 Å². The highest BCUT2D eigenvalue weighted by atomic mass is 32.1. The van der Waals surface area contributed by atoms with Crippen molar-refractivity contribution in [2.45, 2.75) is 64.1 Å². The summed E-state index contributed by atoms with van der Waals surface area (Å²) in [6.07, 6.45) is 7.63. The summed E-state index contributed by atoms with van der Waals surface area (Å²) >= 11 is 5.82. The molecule has 1 aromatic heterocycles. The van der Waals surface area contributed by atoms with Crippen molar-refractivity contribution < 1.29 is 0 Å². The minimum Gasteiger partial charge on any atom is -0.281 e. The van der Waals surface area contributed by atoms with Crippen molar-refractivity contribution in [2.24, 2.45) is 0 Å². The maximum atomic E-state index is 5.82. The molecule has 128 valence electrons. The van der Waals surface area contributed by atoms with E-state index in [1.54, 1.807) is 0 Å². The molecule has 2 heterocycles. The van der Waals surface area contributed by atoms with Crippen molar-refractivity contribution in [1.29, 1.82) is 0 Å². The lowest BCUT2D eigenvalue weighted by Gasteiger charge is -2.34. The number of hydrogen-bond donors (Lipinski definition) is 0. The van der Waals surface area contributed by atoms with E-state index in [9.17, 15) is 0 Å². The number of para-hydroxylation sites is 1. The summed E-state index contributed by atoms with van der Waals surface area (Å²) in [6.45, 7) is 4.29. The summed E-state index contributed by atoms with van der Waals surface area (Å²) < 4.78 is 5.09. The van der Waals surface area contributed by atoms with Gasteiger partial charge in [0.1, 0.15) is 5.82 Å². The largest absolute Gasteiger partial charge is 0.281 e. The third-order valence-electron chi connectivity index (χ3n) is 5.36. The Balaban J connectivity index is 1.68. The van der Waals surface area contributed by atoms with Gasteiger partial charge in [-0.05, 0) is 56.5 Å². The molecule has 1 atom stereocenters. The average Bonchev–Trinajstić information content (AvgIpc) is 3.42. The van der Waals surface area contributed by atoms with Gasteiger partial charge in [0.25, 0.3) is 0 Å². The van der Waals surface area contributed by atoms with E-state index in [4.69, 9.17) is 17.3 Å². The molecule has 0 spiro atoms. The Morgan fingerprint density at radius 3 is 2.62 bits per heavy atom. The van der Waals surface area contributed by atoms with Crippen LogP contribution in [-0.2, 0) is 6.67 Å². The van der Waals surface area contributed by atoms with Gasteiger partial charge in [0, 0.05) is 24.2 Å². The van der Waals surface area contributed by atoms with E-state index < -0.39 is 0 Å². The van der Waals surface area contributed by atoms with Crippen molar-refractivity contribution in [2.75, 3.05) is 6.54 Å². The molecule has 0 unspecified atom stereocenters. The Hall–Kier alpha value is -1.46. The molecule has 4 rings (SSSR count). The zero-order chi connectivity index (χ0) is 16.5. The first kappa shape index (κ1) is 16.0. The summed E-state index contributed by atoms with van der Waals surface area (Å²) in [7, 11) is 0. The van der Waals surface area contributed by atoms with Gasteiger partial charge in [-0.2, -0.15) is 5.10 Å². The lowest BCUT2D eigenvalue weighted by molar-refractivity contribution is 0.100. The van der Waals surface area contributed by atoms with E-state index in [0.29, 0.717) is 12.0 Å². The Bertz CT molecular complexity index is 744. The maximum Gasteiger partial charge on any atom is 0.203 e. The molecule has 0 radical (unpaired) electrons. The van der Waals surface area contributed by atoms with Crippen LogP contribution in [0.3, 0.4) is 0 Å². The minimum atomic E-state index is 0.580. The van der Waals surface area contributed by atoms with Gasteiger partial charge in [-0.1, -0.05) is 31.5 Å². The molecule has 24 heavy (non-hydrogen) atoms. The third-order valence-corrected chi connectivity index (χ3v) is 5.75. The van der Waals surface area contributed by atoms with Crippen LogP contribution in [-0.4, -0.2) is 31.8 Å². The monoisotopic (exact) mass is 342 g/mol. The molecule has 1 saturated carbocycles. The first-order chi connectivity index (χ1) is 11.8. The Kier molecular flexibility index (Phi) is 4.55. The quantitative estimate of drug-likeness (QED) is 0.748. The van der Waals surface area contributed by atoms with Crippen LogP contribution in [0.5, 0.6) is 0 Å². The molecule has 2 aliphatic rings. The predicted octanol–water partition coefficient (Wildman–Crippen LogP) is 4.50.